The molecule has 92 valence electrons. The highest BCUT2D eigenvalue weighted by molar-refractivity contribution is 5.34. The Morgan fingerprint density at radius 2 is 2.06 bits per heavy atom. The number of nitriles is 1. The first-order chi connectivity index (χ1) is 8.69. The predicted molar refractivity (Wildman–Crippen MR) is 63.9 cm³/mol. The lowest BCUT2D eigenvalue weighted by Crippen LogP contribution is -1.98. The van der Waals surface area contributed by atoms with Crippen molar-refractivity contribution in [1.82, 2.24) is 10.1 Å². The maximum Gasteiger partial charge on any atom is 0.229 e. The van der Waals surface area contributed by atoms with Gasteiger partial charge in [0.25, 0.3) is 0 Å². The van der Waals surface area contributed by atoms with Gasteiger partial charge in [-0.25, -0.2) is 0 Å². The largest absolute Gasteiger partial charge is 0.485 e. The lowest BCUT2D eigenvalue weighted by Gasteiger charge is -2.02. The Hall–Kier alpha value is -2.35. The number of aromatic nitrogens is 2. The zero-order chi connectivity index (χ0) is 13.0. The highest BCUT2D eigenvalue weighted by Gasteiger charge is 2.09. The van der Waals surface area contributed by atoms with Crippen molar-refractivity contribution < 1.29 is 9.26 Å². The van der Waals surface area contributed by atoms with Crippen LogP contribution in [0.3, 0.4) is 0 Å². The van der Waals surface area contributed by atoms with Crippen LogP contribution in [-0.4, -0.2) is 10.1 Å². The zero-order valence-corrected chi connectivity index (χ0v) is 10.3. The van der Waals surface area contributed by atoms with Gasteiger partial charge in [-0.3, -0.25) is 0 Å². The van der Waals surface area contributed by atoms with Gasteiger partial charge in [-0.15, -0.1) is 0 Å². The second-order valence-corrected chi connectivity index (χ2v) is 4.13. The van der Waals surface area contributed by atoms with Crippen LogP contribution in [0.5, 0.6) is 5.75 Å². The van der Waals surface area contributed by atoms with Crippen LogP contribution in [0.2, 0.25) is 0 Å². The van der Waals surface area contributed by atoms with E-state index in [-0.39, 0.29) is 12.5 Å². The molecular weight excluding hydrogens is 230 g/mol. The Morgan fingerprint density at radius 1 is 1.33 bits per heavy atom. The molecule has 0 amide bonds. The molecule has 18 heavy (non-hydrogen) atoms. The summed E-state index contributed by atoms with van der Waals surface area (Å²) in [6.07, 6.45) is 0. The van der Waals surface area contributed by atoms with Gasteiger partial charge in [-0.1, -0.05) is 19.0 Å². The molecule has 1 aromatic carbocycles. The van der Waals surface area contributed by atoms with Gasteiger partial charge in [0, 0.05) is 5.92 Å². The first kappa shape index (κ1) is 12.1. The number of benzene rings is 1. The van der Waals surface area contributed by atoms with E-state index in [1.165, 1.54) is 0 Å². The van der Waals surface area contributed by atoms with E-state index in [0.29, 0.717) is 23.0 Å². The normalized spacial score (nSPS) is 10.3. The monoisotopic (exact) mass is 243 g/mol. The van der Waals surface area contributed by atoms with E-state index in [4.69, 9.17) is 14.5 Å². The fourth-order valence-corrected chi connectivity index (χ4v) is 1.33. The Labute approximate surface area is 105 Å². The summed E-state index contributed by atoms with van der Waals surface area (Å²) in [7, 11) is 0. The van der Waals surface area contributed by atoms with Crippen molar-refractivity contribution in [3.05, 3.63) is 41.5 Å². The summed E-state index contributed by atoms with van der Waals surface area (Å²) in [5, 5.41) is 12.5. The van der Waals surface area contributed by atoms with Gasteiger partial charge in [0.05, 0.1) is 11.6 Å². The maximum atomic E-state index is 8.67. The Morgan fingerprint density at radius 3 is 2.61 bits per heavy atom. The topological polar surface area (TPSA) is 71.9 Å². The summed E-state index contributed by atoms with van der Waals surface area (Å²) < 4.78 is 10.6. The molecule has 1 heterocycles. The van der Waals surface area contributed by atoms with Crippen molar-refractivity contribution in [2.45, 2.75) is 26.4 Å². The molecule has 0 spiro atoms. The summed E-state index contributed by atoms with van der Waals surface area (Å²) in [6, 6.07) is 8.92. The molecule has 0 radical (unpaired) electrons. The molecule has 0 aliphatic carbocycles. The Kier molecular flexibility index (Phi) is 3.58. The third-order valence-corrected chi connectivity index (χ3v) is 2.33. The van der Waals surface area contributed by atoms with Gasteiger partial charge < -0.3 is 9.26 Å². The highest BCUT2D eigenvalue weighted by Crippen LogP contribution is 2.14. The van der Waals surface area contributed by atoms with Gasteiger partial charge in [-0.05, 0) is 24.3 Å². The molecule has 0 saturated carbocycles. The minimum absolute atomic E-state index is 0.209. The van der Waals surface area contributed by atoms with Gasteiger partial charge in [0.15, 0.2) is 6.61 Å². The van der Waals surface area contributed by atoms with Crippen LogP contribution in [-0.2, 0) is 6.61 Å². The van der Waals surface area contributed by atoms with E-state index in [0.717, 1.165) is 0 Å². The summed E-state index contributed by atoms with van der Waals surface area (Å²) >= 11 is 0. The first-order valence-electron chi connectivity index (χ1n) is 5.64. The minimum Gasteiger partial charge on any atom is -0.485 e. The van der Waals surface area contributed by atoms with Crippen molar-refractivity contribution >= 4 is 0 Å². The Balaban J connectivity index is 1.96. The predicted octanol–water partition coefficient (Wildman–Crippen LogP) is 2.64. The molecule has 2 aromatic rings. The van der Waals surface area contributed by atoms with E-state index < -0.39 is 0 Å². The van der Waals surface area contributed by atoms with Crippen LogP contribution in [0.1, 0.15) is 37.0 Å². The van der Waals surface area contributed by atoms with Gasteiger partial charge >= 0.3 is 0 Å². The number of hydrogen-bond acceptors (Lipinski definition) is 5. The van der Waals surface area contributed by atoms with Crippen LogP contribution in [0.4, 0.5) is 0 Å². The minimum atomic E-state index is 0.209. The van der Waals surface area contributed by atoms with Crippen LogP contribution in [0.15, 0.2) is 28.8 Å². The summed E-state index contributed by atoms with van der Waals surface area (Å²) in [6.45, 7) is 4.22. The second-order valence-electron chi connectivity index (χ2n) is 4.13. The summed E-state index contributed by atoms with van der Waals surface area (Å²) in [5.41, 5.74) is 0.601. The lowest BCUT2D eigenvalue weighted by molar-refractivity contribution is 0.284. The Bertz CT molecular complexity index is 552. The maximum absolute atomic E-state index is 8.67. The van der Waals surface area contributed by atoms with E-state index in [9.17, 15) is 0 Å². The van der Waals surface area contributed by atoms with Crippen molar-refractivity contribution in [2.75, 3.05) is 0 Å². The van der Waals surface area contributed by atoms with Crippen molar-refractivity contribution in [3.8, 4) is 11.8 Å². The van der Waals surface area contributed by atoms with Crippen molar-refractivity contribution in [3.63, 3.8) is 0 Å². The van der Waals surface area contributed by atoms with E-state index in [1.54, 1.807) is 24.3 Å². The smallest absolute Gasteiger partial charge is 0.229 e. The van der Waals surface area contributed by atoms with Crippen molar-refractivity contribution in [2.24, 2.45) is 0 Å². The van der Waals surface area contributed by atoms with Crippen LogP contribution < -0.4 is 4.74 Å². The van der Waals surface area contributed by atoms with Crippen LogP contribution in [0.25, 0.3) is 0 Å². The van der Waals surface area contributed by atoms with E-state index >= 15 is 0 Å². The number of ether oxygens (including phenoxy) is 1. The SMILES string of the molecule is CC(C)c1nc(COc2ccc(C#N)cc2)no1. The number of hydrogen-bond donors (Lipinski definition) is 0. The number of rotatable bonds is 4. The molecule has 5 heteroatoms. The summed E-state index contributed by atoms with van der Waals surface area (Å²) in [4.78, 5) is 4.20. The third-order valence-electron chi connectivity index (χ3n) is 2.33. The standard InChI is InChI=1S/C13H13N3O2/c1-9(2)13-15-12(16-18-13)8-17-11-5-3-10(7-14)4-6-11/h3-6,9H,8H2,1-2H3. The number of nitrogens with zero attached hydrogens (tertiary/aromatic N) is 3. The first-order valence-corrected chi connectivity index (χ1v) is 5.64. The average molecular weight is 243 g/mol. The quantitative estimate of drug-likeness (QED) is 0.825. The average Bonchev–Trinajstić information content (AvgIpc) is 2.86. The lowest BCUT2D eigenvalue weighted by atomic mass is 10.2. The van der Waals surface area contributed by atoms with Crippen LogP contribution in [0, 0.1) is 11.3 Å². The summed E-state index contributed by atoms with van der Waals surface area (Å²) in [5.74, 6) is 2.00. The van der Waals surface area contributed by atoms with Crippen molar-refractivity contribution in [1.29, 1.82) is 5.26 Å². The van der Waals surface area contributed by atoms with Crippen LogP contribution >= 0.6 is 0 Å². The molecule has 0 bridgehead atoms. The molecule has 0 saturated heterocycles. The molecule has 1 aromatic heterocycles. The van der Waals surface area contributed by atoms with Gasteiger partial charge in [-0.2, -0.15) is 10.2 Å². The van der Waals surface area contributed by atoms with Gasteiger partial charge in [0.2, 0.25) is 11.7 Å². The molecule has 0 fully saturated rings. The molecule has 0 unspecified atom stereocenters. The molecule has 0 atom stereocenters. The van der Waals surface area contributed by atoms with E-state index in [1.807, 2.05) is 19.9 Å². The molecular formula is C13H13N3O2. The fourth-order valence-electron chi connectivity index (χ4n) is 1.33. The zero-order valence-electron chi connectivity index (χ0n) is 10.3. The molecule has 0 aliphatic heterocycles. The van der Waals surface area contributed by atoms with Gasteiger partial charge in [0.1, 0.15) is 5.75 Å². The molecule has 0 N–H and O–H groups in total. The van der Waals surface area contributed by atoms with E-state index in [2.05, 4.69) is 10.1 Å². The second kappa shape index (κ2) is 5.32. The third kappa shape index (κ3) is 2.86. The molecule has 5 nitrogen and oxygen atoms in total. The molecule has 0 aliphatic rings. The molecule has 2 rings (SSSR count). The fraction of sp³-hybridized carbons (Fsp3) is 0.308. The highest BCUT2D eigenvalue weighted by atomic mass is 16.5.